The first-order chi connectivity index (χ1) is 24.9. The molecule has 0 aliphatic rings. The topological polar surface area (TPSA) is 156 Å². The Balaban J connectivity index is 2.00. The summed E-state index contributed by atoms with van der Waals surface area (Å²) in [6.45, 7) is 8.71. The summed E-state index contributed by atoms with van der Waals surface area (Å²) in [5.74, 6) is -1.52. The normalized spacial score (nSPS) is 13.5. The first-order valence-corrected chi connectivity index (χ1v) is 19.5. The SMILES string of the molecule is CNCCCCCC(=O)NCCCCCC(=O)N(C)C(CC(OC(C)=O)c1nc(C(=O)NC(Cc2ccccc2)CC(C)C(=O)OC)cs1)C(C)C. The van der Waals surface area contributed by atoms with Crippen LogP contribution in [0.25, 0.3) is 0 Å². The second kappa shape index (κ2) is 24.4. The fourth-order valence-corrected chi connectivity index (χ4v) is 6.97. The van der Waals surface area contributed by atoms with E-state index >= 15 is 0 Å². The summed E-state index contributed by atoms with van der Waals surface area (Å²) in [4.78, 5) is 69.5. The monoisotopic (exact) mass is 743 g/mol. The molecular weight excluding hydrogens is 683 g/mol. The Morgan fingerprint density at radius 1 is 0.904 bits per heavy atom. The molecule has 1 aromatic heterocycles. The first-order valence-electron chi connectivity index (χ1n) is 18.6. The molecule has 4 atom stereocenters. The highest BCUT2D eigenvalue weighted by atomic mass is 32.1. The number of nitrogens with zero attached hydrogens (tertiary/aromatic N) is 2. The number of aromatic nitrogens is 1. The van der Waals surface area contributed by atoms with Gasteiger partial charge < -0.3 is 30.3 Å². The third-order valence-electron chi connectivity index (χ3n) is 9.08. The predicted molar refractivity (Wildman–Crippen MR) is 204 cm³/mol. The number of methoxy groups -OCH3 is 1. The number of rotatable bonds is 25. The zero-order valence-electron chi connectivity index (χ0n) is 32.2. The predicted octanol–water partition coefficient (Wildman–Crippen LogP) is 5.62. The lowest BCUT2D eigenvalue weighted by Gasteiger charge is -2.33. The standard InChI is InChI=1S/C39H61N5O7S/c1-27(2)33(44(6)36(47)20-14-10-16-22-41-35(46)19-13-9-15-21-40-5)25-34(51-29(4)45)38-43-32(26-52-38)37(48)42-31(23-28(3)39(49)50-7)24-30-17-11-8-12-18-30/h8,11-12,17-18,26-28,31,33-34,40H,9-10,13-16,19-25H2,1-7H3,(H,41,46)(H,42,48). The van der Waals surface area contributed by atoms with Crippen LogP contribution in [0.3, 0.4) is 0 Å². The van der Waals surface area contributed by atoms with Crippen molar-refractivity contribution in [3.05, 3.63) is 52.0 Å². The Morgan fingerprint density at radius 3 is 2.21 bits per heavy atom. The van der Waals surface area contributed by atoms with Crippen LogP contribution in [0.5, 0.6) is 0 Å². The van der Waals surface area contributed by atoms with Crippen molar-refractivity contribution in [2.45, 2.75) is 117 Å². The van der Waals surface area contributed by atoms with Crippen molar-refractivity contribution >= 4 is 41.0 Å². The fraction of sp³-hybridized carbons (Fsp3) is 0.641. The Kier molecular flexibility index (Phi) is 20.8. The summed E-state index contributed by atoms with van der Waals surface area (Å²) in [5.41, 5.74) is 1.20. The summed E-state index contributed by atoms with van der Waals surface area (Å²) in [6, 6.07) is 9.11. The lowest BCUT2D eigenvalue weighted by molar-refractivity contribution is -0.148. The smallest absolute Gasteiger partial charge is 0.308 e. The Morgan fingerprint density at radius 2 is 1.58 bits per heavy atom. The minimum atomic E-state index is -0.752. The molecule has 2 aromatic rings. The number of nitrogens with one attached hydrogen (secondary N) is 3. The van der Waals surface area contributed by atoms with E-state index in [1.54, 1.807) is 24.3 Å². The molecule has 1 heterocycles. The zero-order chi connectivity index (χ0) is 38.5. The van der Waals surface area contributed by atoms with Gasteiger partial charge in [0, 0.05) is 57.2 Å². The number of hydrogen-bond donors (Lipinski definition) is 3. The van der Waals surface area contributed by atoms with E-state index in [1.165, 1.54) is 25.4 Å². The van der Waals surface area contributed by atoms with Crippen LogP contribution in [-0.2, 0) is 35.1 Å². The van der Waals surface area contributed by atoms with Gasteiger partial charge in [-0.3, -0.25) is 24.0 Å². The van der Waals surface area contributed by atoms with Gasteiger partial charge in [-0.25, -0.2) is 4.98 Å². The summed E-state index contributed by atoms with van der Waals surface area (Å²) >= 11 is 1.23. The van der Waals surface area contributed by atoms with Crippen molar-refractivity contribution in [3.63, 3.8) is 0 Å². The van der Waals surface area contributed by atoms with E-state index in [0.29, 0.717) is 50.1 Å². The molecule has 52 heavy (non-hydrogen) atoms. The molecule has 0 saturated heterocycles. The molecule has 0 saturated carbocycles. The minimum Gasteiger partial charge on any atom is -0.469 e. The van der Waals surface area contributed by atoms with Crippen LogP contribution in [0.15, 0.2) is 35.7 Å². The molecule has 0 fully saturated rings. The van der Waals surface area contributed by atoms with Crippen molar-refractivity contribution in [1.29, 1.82) is 0 Å². The van der Waals surface area contributed by atoms with Crippen LogP contribution >= 0.6 is 11.3 Å². The zero-order valence-corrected chi connectivity index (χ0v) is 33.0. The van der Waals surface area contributed by atoms with Gasteiger partial charge in [0.25, 0.3) is 5.91 Å². The van der Waals surface area contributed by atoms with E-state index < -0.39 is 23.9 Å². The van der Waals surface area contributed by atoms with Crippen LogP contribution in [0, 0.1) is 11.8 Å². The number of hydrogen-bond acceptors (Lipinski definition) is 10. The van der Waals surface area contributed by atoms with Gasteiger partial charge in [0.2, 0.25) is 11.8 Å². The van der Waals surface area contributed by atoms with Crippen LogP contribution in [-0.4, -0.2) is 85.9 Å². The summed E-state index contributed by atoms with van der Waals surface area (Å²) < 4.78 is 10.6. The van der Waals surface area contributed by atoms with E-state index in [9.17, 15) is 24.0 Å². The Labute approximate surface area is 314 Å². The van der Waals surface area contributed by atoms with E-state index in [-0.39, 0.29) is 41.5 Å². The first kappa shape index (κ1) is 44.3. The van der Waals surface area contributed by atoms with Crippen molar-refractivity contribution in [2.75, 3.05) is 34.3 Å². The Hall–Kier alpha value is -3.84. The molecular formula is C39H61N5O7S. The summed E-state index contributed by atoms with van der Waals surface area (Å²) in [5, 5.41) is 11.2. The van der Waals surface area contributed by atoms with Crippen LogP contribution in [0.1, 0.15) is 119 Å². The van der Waals surface area contributed by atoms with Gasteiger partial charge >= 0.3 is 11.9 Å². The number of unbranched alkanes of at least 4 members (excludes halogenated alkanes) is 4. The van der Waals surface area contributed by atoms with Gasteiger partial charge in [0.1, 0.15) is 10.7 Å². The molecule has 3 amide bonds. The molecule has 2 rings (SSSR count). The van der Waals surface area contributed by atoms with Crippen molar-refractivity contribution < 1.29 is 33.4 Å². The molecule has 0 aliphatic heterocycles. The number of thiazole rings is 1. The van der Waals surface area contributed by atoms with Crippen LogP contribution < -0.4 is 16.0 Å². The highest BCUT2D eigenvalue weighted by Crippen LogP contribution is 2.31. The quantitative estimate of drug-likeness (QED) is 0.0869. The lowest BCUT2D eigenvalue weighted by atomic mass is 9.95. The van der Waals surface area contributed by atoms with Gasteiger partial charge in [-0.1, -0.05) is 63.9 Å². The van der Waals surface area contributed by atoms with Gasteiger partial charge in [0.05, 0.1) is 13.0 Å². The number of esters is 2. The molecule has 0 bridgehead atoms. The number of amides is 3. The lowest BCUT2D eigenvalue weighted by Crippen LogP contribution is -2.41. The molecule has 13 heteroatoms. The maximum atomic E-state index is 13.5. The largest absolute Gasteiger partial charge is 0.469 e. The molecule has 12 nitrogen and oxygen atoms in total. The summed E-state index contributed by atoms with van der Waals surface area (Å²) in [7, 11) is 5.05. The van der Waals surface area contributed by atoms with Gasteiger partial charge in [0.15, 0.2) is 6.10 Å². The number of ether oxygens (including phenoxy) is 2. The van der Waals surface area contributed by atoms with E-state index in [0.717, 1.165) is 44.2 Å². The average Bonchev–Trinajstić information content (AvgIpc) is 3.61. The molecule has 4 unspecified atom stereocenters. The van der Waals surface area contributed by atoms with Gasteiger partial charge in [-0.15, -0.1) is 11.3 Å². The highest BCUT2D eigenvalue weighted by Gasteiger charge is 2.31. The van der Waals surface area contributed by atoms with Crippen LogP contribution in [0.4, 0.5) is 0 Å². The van der Waals surface area contributed by atoms with Gasteiger partial charge in [-0.05, 0) is 63.6 Å². The Bertz CT molecular complexity index is 1390. The van der Waals surface area contributed by atoms with Crippen molar-refractivity contribution in [2.24, 2.45) is 11.8 Å². The van der Waals surface area contributed by atoms with Crippen molar-refractivity contribution in [3.8, 4) is 0 Å². The average molecular weight is 744 g/mol. The number of carbonyl (C=O) groups excluding carboxylic acids is 5. The maximum Gasteiger partial charge on any atom is 0.308 e. The fourth-order valence-electron chi connectivity index (χ4n) is 6.13. The molecule has 1 aromatic carbocycles. The molecule has 0 radical (unpaired) electrons. The van der Waals surface area contributed by atoms with E-state index in [4.69, 9.17) is 9.47 Å². The van der Waals surface area contributed by atoms with Crippen LogP contribution in [0.2, 0.25) is 0 Å². The second-order valence-electron chi connectivity index (χ2n) is 13.8. The summed E-state index contributed by atoms with van der Waals surface area (Å²) in [6.07, 6.45) is 6.70. The van der Waals surface area contributed by atoms with E-state index in [2.05, 4.69) is 20.9 Å². The molecule has 0 spiro atoms. The molecule has 3 N–H and O–H groups in total. The van der Waals surface area contributed by atoms with Gasteiger partial charge in [-0.2, -0.15) is 0 Å². The third-order valence-corrected chi connectivity index (χ3v) is 10.0. The highest BCUT2D eigenvalue weighted by molar-refractivity contribution is 7.09. The van der Waals surface area contributed by atoms with E-state index in [1.807, 2.05) is 51.2 Å². The number of benzene rings is 1. The molecule has 0 aliphatic carbocycles. The number of carbonyl (C=O) groups is 5. The van der Waals surface area contributed by atoms with Crippen molar-refractivity contribution in [1.82, 2.24) is 25.8 Å². The maximum absolute atomic E-state index is 13.5. The molecule has 290 valence electrons. The minimum absolute atomic E-state index is 0.00396. The third kappa shape index (κ3) is 16.7. The second-order valence-corrected chi connectivity index (χ2v) is 14.7.